The Kier molecular flexibility index (Phi) is 5.44. The van der Waals surface area contributed by atoms with Crippen LogP contribution in [0.25, 0.3) is 0 Å². The zero-order valence-electron chi connectivity index (χ0n) is 11.9. The van der Waals surface area contributed by atoms with Gasteiger partial charge < -0.3 is 9.64 Å². The lowest BCUT2D eigenvalue weighted by molar-refractivity contribution is -0.140. The molecule has 1 fully saturated rings. The molecule has 1 heterocycles. The van der Waals surface area contributed by atoms with E-state index in [4.69, 9.17) is 4.74 Å². The summed E-state index contributed by atoms with van der Waals surface area (Å²) in [6, 6.07) is 0.443. The number of rotatable bonds is 5. The number of ether oxygens (including phenoxy) is 1. The van der Waals surface area contributed by atoms with E-state index < -0.39 is 0 Å². The monoisotopic (exact) mass is 241 g/mol. The summed E-state index contributed by atoms with van der Waals surface area (Å²) in [5, 5.41) is 0. The zero-order valence-corrected chi connectivity index (χ0v) is 11.9. The number of carbonyl (C=O) groups is 1. The van der Waals surface area contributed by atoms with Crippen LogP contribution in [0.15, 0.2) is 0 Å². The number of hydrogen-bond acceptors (Lipinski definition) is 2. The van der Waals surface area contributed by atoms with Crippen LogP contribution in [0.3, 0.4) is 0 Å². The molecule has 0 aromatic carbocycles. The van der Waals surface area contributed by atoms with Gasteiger partial charge in [-0.1, -0.05) is 27.2 Å². The van der Waals surface area contributed by atoms with Gasteiger partial charge in [0.15, 0.2) is 0 Å². The minimum absolute atomic E-state index is 0.000632. The van der Waals surface area contributed by atoms with Gasteiger partial charge in [-0.2, -0.15) is 0 Å². The summed E-state index contributed by atoms with van der Waals surface area (Å²) >= 11 is 0. The van der Waals surface area contributed by atoms with Crippen LogP contribution in [-0.4, -0.2) is 36.6 Å². The molecule has 1 saturated heterocycles. The second kappa shape index (κ2) is 6.39. The van der Waals surface area contributed by atoms with Gasteiger partial charge in [-0.25, -0.2) is 0 Å². The van der Waals surface area contributed by atoms with E-state index in [1.54, 1.807) is 7.11 Å². The number of likely N-dealkylation sites (tertiary alicyclic amines) is 1. The predicted octanol–water partition coefficient (Wildman–Crippen LogP) is 2.69. The van der Waals surface area contributed by atoms with E-state index in [2.05, 4.69) is 18.7 Å². The van der Waals surface area contributed by atoms with E-state index in [1.807, 2.05) is 13.8 Å². The summed E-state index contributed by atoms with van der Waals surface area (Å²) < 4.78 is 5.27. The third-order valence-electron chi connectivity index (χ3n) is 4.30. The molecule has 0 aliphatic carbocycles. The molecular formula is C14H27NO2. The summed E-state index contributed by atoms with van der Waals surface area (Å²) in [6.07, 6.45) is 3.41. The van der Waals surface area contributed by atoms with Crippen LogP contribution in [0, 0.1) is 11.8 Å². The molecule has 3 nitrogen and oxygen atoms in total. The minimum Gasteiger partial charge on any atom is -0.381 e. The van der Waals surface area contributed by atoms with E-state index in [9.17, 15) is 4.79 Å². The quantitative estimate of drug-likeness (QED) is 0.740. The lowest BCUT2D eigenvalue weighted by atomic mass is 10.0. The van der Waals surface area contributed by atoms with Crippen LogP contribution >= 0.6 is 0 Å². The molecule has 100 valence electrons. The van der Waals surface area contributed by atoms with Crippen molar-refractivity contribution in [2.24, 2.45) is 11.8 Å². The van der Waals surface area contributed by atoms with Crippen LogP contribution in [0.1, 0.15) is 47.0 Å². The first kappa shape index (κ1) is 14.5. The van der Waals surface area contributed by atoms with Crippen molar-refractivity contribution in [3.63, 3.8) is 0 Å². The fraction of sp³-hybridized carbons (Fsp3) is 0.929. The molecule has 1 amide bonds. The highest BCUT2D eigenvalue weighted by Crippen LogP contribution is 2.29. The van der Waals surface area contributed by atoms with Crippen molar-refractivity contribution >= 4 is 5.91 Å². The summed E-state index contributed by atoms with van der Waals surface area (Å²) in [6.45, 7) is 9.27. The van der Waals surface area contributed by atoms with E-state index in [-0.39, 0.29) is 17.9 Å². The van der Waals surface area contributed by atoms with Gasteiger partial charge >= 0.3 is 0 Å². The molecule has 0 aromatic rings. The Hall–Kier alpha value is -0.570. The smallest absolute Gasteiger partial charge is 0.228 e. The highest BCUT2D eigenvalue weighted by atomic mass is 16.5. The van der Waals surface area contributed by atoms with Crippen LogP contribution in [0.5, 0.6) is 0 Å². The maximum atomic E-state index is 12.4. The normalized spacial score (nSPS) is 28.2. The van der Waals surface area contributed by atoms with Crippen molar-refractivity contribution in [3.8, 4) is 0 Å². The van der Waals surface area contributed by atoms with Crippen molar-refractivity contribution in [2.75, 3.05) is 13.7 Å². The highest BCUT2D eigenvalue weighted by Gasteiger charge is 2.36. The van der Waals surface area contributed by atoms with Crippen LogP contribution in [-0.2, 0) is 9.53 Å². The molecule has 17 heavy (non-hydrogen) atoms. The molecule has 0 radical (unpaired) electrons. The van der Waals surface area contributed by atoms with Crippen LogP contribution in [0.2, 0.25) is 0 Å². The number of amides is 1. The number of nitrogens with zero attached hydrogens (tertiary/aromatic N) is 1. The Morgan fingerprint density at radius 2 is 2.00 bits per heavy atom. The number of methoxy groups -OCH3 is 1. The molecule has 0 spiro atoms. The lowest BCUT2D eigenvalue weighted by Gasteiger charge is -2.29. The van der Waals surface area contributed by atoms with Gasteiger partial charge in [-0.15, -0.1) is 0 Å². The van der Waals surface area contributed by atoms with Gasteiger partial charge in [0.25, 0.3) is 0 Å². The van der Waals surface area contributed by atoms with Gasteiger partial charge in [-0.05, 0) is 25.7 Å². The Bertz CT molecular complexity index is 255. The molecule has 4 atom stereocenters. The van der Waals surface area contributed by atoms with Gasteiger partial charge in [0.2, 0.25) is 5.91 Å². The Balaban J connectivity index is 2.67. The standard InChI is InChI=1S/C14H27NO2/c1-6-12-8-13(7-2)15(9-12)14(16)10(3)11(4)17-5/h10-13H,6-9H2,1-5H3/t10?,11?,12?,13-/m1/s1. The molecule has 1 aliphatic rings. The fourth-order valence-corrected chi connectivity index (χ4v) is 2.63. The van der Waals surface area contributed by atoms with E-state index in [0.29, 0.717) is 12.0 Å². The number of carbonyl (C=O) groups excluding carboxylic acids is 1. The first-order valence-corrected chi connectivity index (χ1v) is 6.88. The SMILES string of the molecule is CCC1C[C@@H](CC)N(C(=O)C(C)C(C)OC)C1. The zero-order chi connectivity index (χ0) is 13.0. The van der Waals surface area contributed by atoms with Crippen LogP contribution < -0.4 is 0 Å². The molecular weight excluding hydrogens is 214 g/mol. The lowest BCUT2D eigenvalue weighted by Crippen LogP contribution is -2.42. The Labute approximate surface area is 106 Å². The van der Waals surface area contributed by atoms with Crippen molar-refractivity contribution in [1.29, 1.82) is 0 Å². The summed E-state index contributed by atoms with van der Waals surface area (Å²) in [5.74, 6) is 0.917. The molecule has 3 heteroatoms. The Morgan fingerprint density at radius 3 is 2.47 bits per heavy atom. The summed E-state index contributed by atoms with van der Waals surface area (Å²) in [5.41, 5.74) is 0. The average molecular weight is 241 g/mol. The molecule has 0 saturated carbocycles. The van der Waals surface area contributed by atoms with E-state index in [1.165, 1.54) is 12.8 Å². The Morgan fingerprint density at radius 1 is 1.35 bits per heavy atom. The topological polar surface area (TPSA) is 29.5 Å². The molecule has 1 rings (SSSR count). The van der Waals surface area contributed by atoms with Crippen molar-refractivity contribution < 1.29 is 9.53 Å². The van der Waals surface area contributed by atoms with E-state index in [0.717, 1.165) is 13.0 Å². The summed E-state index contributed by atoms with van der Waals surface area (Å²) in [7, 11) is 1.67. The molecule has 0 N–H and O–H groups in total. The number of hydrogen-bond donors (Lipinski definition) is 0. The molecule has 0 bridgehead atoms. The second-order valence-corrected chi connectivity index (χ2v) is 5.29. The average Bonchev–Trinajstić information content (AvgIpc) is 2.79. The highest BCUT2D eigenvalue weighted by molar-refractivity contribution is 5.79. The van der Waals surface area contributed by atoms with Gasteiger partial charge in [-0.3, -0.25) is 4.79 Å². The van der Waals surface area contributed by atoms with Crippen LogP contribution in [0.4, 0.5) is 0 Å². The summed E-state index contributed by atoms with van der Waals surface area (Å²) in [4.78, 5) is 14.5. The first-order valence-electron chi connectivity index (χ1n) is 6.88. The van der Waals surface area contributed by atoms with Crippen molar-refractivity contribution in [1.82, 2.24) is 4.90 Å². The second-order valence-electron chi connectivity index (χ2n) is 5.29. The third-order valence-corrected chi connectivity index (χ3v) is 4.30. The fourth-order valence-electron chi connectivity index (χ4n) is 2.63. The van der Waals surface area contributed by atoms with E-state index >= 15 is 0 Å². The largest absolute Gasteiger partial charge is 0.381 e. The maximum absolute atomic E-state index is 12.4. The molecule has 3 unspecified atom stereocenters. The first-order chi connectivity index (χ1) is 8.04. The maximum Gasteiger partial charge on any atom is 0.228 e. The molecule has 1 aliphatic heterocycles. The van der Waals surface area contributed by atoms with Crippen molar-refractivity contribution in [3.05, 3.63) is 0 Å². The van der Waals surface area contributed by atoms with Gasteiger partial charge in [0.1, 0.15) is 0 Å². The van der Waals surface area contributed by atoms with Gasteiger partial charge in [0, 0.05) is 19.7 Å². The predicted molar refractivity (Wildman–Crippen MR) is 69.8 cm³/mol. The van der Waals surface area contributed by atoms with Crippen molar-refractivity contribution in [2.45, 2.75) is 59.1 Å². The third kappa shape index (κ3) is 3.21. The van der Waals surface area contributed by atoms with Gasteiger partial charge in [0.05, 0.1) is 12.0 Å². The minimum atomic E-state index is -0.0374. The molecule has 0 aromatic heterocycles.